The van der Waals surface area contributed by atoms with Gasteiger partial charge in [0.25, 0.3) is 5.91 Å². The zero-order valence-corrected chi connectivity index (χ0v) is 16.8. The van der Waals surface area contributed by atoms with Crippen LogP contribution in [-0.4, -0.2) is 17.0 Å². The van der Waals surface area contributed by atoms with Crippen LogP contribution in [0, 0.1) is 5.92 Å². The first-order valence-corrected chi connectivity index (χ1v) is 10.0. The summed E-state index contributed by atoms with van der Waals surface area (Å²) in [5, 5.41) is 9.06. The fourth-order valence-corrected chi connectivity index (χ4v) is 3.09. The van der Waals surface area contributed by atoms with Crippen molar-refractivity contribution in [3.05, 3.63) is 71.8 Å². The number of allylic oxidation sites excluding steroid dienone is 2. The third-order valence-corrected chi connectivity index (χ3v) is 4.82. The molecule has 1 unspecified atom stereocenters. The van der Waals surface area contributed by atoms with Crippen LogP contribution in [0.3, 0.4) is 0 Å². The Morgan fingerprint density at radius 2 is 1.86 bits per heavy atom. The standard InChI is InChI=1S/C24H29NO4/c1-2-19(24(27)28)12-8-5-3-4-7-11-18-15-16-21(23(25)26)22(17-18)29-20-13-9-6-10-14-20/h4,6-7,9-10,13-17,19H,2-3,5,8,11-12H2,1H3,(H2,25,26)(H,27,28). The van der Waals surface area contributed by atoms with Gasteiger partial charge in [0.05, 0.1) is 11.5 Å². The molecular weight excluding hydrogens is 366 g/mol. The van der Waals surface area contributed by atoms with Gasteiger partial charge in [-0.2, -0.15) is 0 Å². The Balaban J connectivity index is 1.89. The fraction of sp³-hybridized carbons (Fsp3) is 0.333. The lowest BCUT2D eigenvalue weighted by atomic mass is 9.99. The minimum Gasteiger partial charge on any atom is -0.481 e. The normalized spacial score (nSPS) is 12.0. The molecule has 0 saturated carbocycles. The third kappa shape index (κ3) is 7.45. The number of rotatable bonds is 12. The van der Waals surface area contributed by atoms with Gasteiger partial charge in [-0.15, -0.1) is 0 Å². The maximum absolute atomic E-state index is 11.7. The molecular formula is C24H29NO4. The molecule has 0 saturated heterocycles. The van der Waals surface area contributed by atoms with Crippen LogP contribution in [-0.2, 0) is 11.2 Å². The molecule has 0 aliphatic heterocycles. The van der Waals surface area contributed by atoms with Crippen molar-refractivity contribution in [1.29, 1.82) is 0 Å². The molecule has 5 nitrogen and oxygen atoms in total. The maximum atomic E-state index is 11.7. The summed E-state index contributed by atoms with van der Waals surface area (Å²) in [6.07, 6.45) is 9.14. The van der Waals surface area contributed by atoms with Crippen LogP contribution in [0.25, 0.3) is 0 Å². The van der Waals surface area contributed by atoms with Crippen molar-refractivity contribution in [2.45, 2.75) is 45.4 Å². The smallest absolute Gasteiger partial charge is 0.306 e. The molecule has 0 aliphatic rings. The average molecular weight is 395 g/mol. The number of para-hydroxylation sites is 1. The second kappa shape index (κ2) is 11.7. The maximum Gasteiger partial charge on any atom is 0.306 e. The summed E-state index contributed by atoms with van der Waals surface area (Å²) in [7, 11) is 0. The SMILES string of the molecule is CCC(CCCCC=CCc1ccc(C(N)=O)c(Oc2ccccc2)c1)C(=O)O. The molecule has 0 spiro atoms. The van der Waals surface area contributed by atoms with E-state index in [1.54, 1.807) is 6.07 Å². The highest BCUT2D eigenvalue weighted by Gasteiger charge is 2.13. The summed E-state index contributed by atoms with van der Waals surface area (Å²) in [5.41, 5.74) is 6.84. The van der Waals surface area contributed by atoms with E-state index in [0.29, 0.717) is 23.5 Å². The van der Waals surface area contributed by atoms with Crippen LogP contribution < -0.4 is 10.5 Å². The fourth-order valence-electron chi connectivity index (χ4n) is 3.09. The number of carboxylic acids is 1. The Morgan fingerprint density at radius 1 is 1.10 bits per heavy atom. The molecule has 0 radical (unpaired) electrons. The van der Waals surface area contributed by atoms with E-state index in [9.17, 15) is 9.59 Å². The number of carbonyl (C=O) groups excluding carboxylic acids is 1. The predicted molar refractivity (Wildman–Crippen MR) is 114 cm³/mol. The number of hydrogen-bond acceptors (Lipinski definition) is 3. The van der Waals surface area contributed by atoms with Gasteiger partial charge in [-0.3, -0.25) is 9.59 Å². The Hall–Kier alpha value is -3.08. The van der Waals surface area contributed by atoms with E-state index in [-0.39, 0.29) is 5.92 Å². The first-order valence-electron chi connectivity index (χ1n) is 10.0. The lowest BCUT2D eigenvalue weighted by Gasteiger charge is -2.11. The van der Waals surface area contributed by atoms with Gasteiger partial charge in [-0.1, -0.05) is 49.8 Å². The number of primary amides is 1. The van der Waals surface area contributed by atoms with Gasteiger partial charge in [0.1, 0.15) is 11.5 Å². The molecule has 29 heavy (non-hydrogen) atoms. The average Bonchev–Trinajstić information content (AvgIpc) is 2.70. The first-order chi connectivity index (χ1) is 14.0. The highest BCUT2D eigenvalue weighted by atomic mass is 16.5. The lowest BCUT2D eigenvalue weighted by Crippen LogP contribution is -2.12. The zero-order valence-electron chi connectivity index (χ0n) is 16.8. The number of benzene rings is 2. The van der Waals surface area contributed by atoms with Crippen LogP contribution in [0.1, 0.15) is 54.9 Å². The van der Waals surface area contributed by atoms with Crippen molar-refractivity contribution < 1.29 is 19.4 Å². The number of amides is 1. The Bertz CT molecular complexity index is 830. The Kier molecular flexibility index (Phi) is 8.96. The molecule has 0 aliphatic carbocycles. The molecule has 5 heteroatoms. The quantitative estimate of drug-likeness (QED) is 0.374. The molecule has 154 valence electrons. The van der Waals surface area contributed by atoms with Crippen molar-refractivity contribution in [1.82, 2.24) is 0 Å². The van der Waals surface area contributed by atoms with E-state index in [1.807, 2.05) is 49.4 Å². The van der Waals surface area contributed by atoms with Gasteiger partial charge in [0.15, 0.2) is 0 Å². The van der Waals surface area contributed by atoms with E-state index in [4.69, 9.17) is 15.6 Å². The molecule has 1 atom stereocenters. The molecule has 3 N–H and O–H groups in total. The van der Waals surface area contributed by atoms with Gasteiger partial charge >= 0.3 is 5.97 Å². The second-order valence-electron chi connectivity index (χ2n) is 7.01. The van der Waals surface area contributed by atoms with E-state index in [2.05, 4.69) is 12.2 Å². The molecule has 0 heterocycles. The number of hydrogen-bond donors (Lipinski definition) is 2. The number of carbonyl (C=O) groups is 2. The minimum absolute atomic E-state index is 0.231. The highest BCUT2D eigenvalue weighted by Crippen LogP contribution is 2.26. The zero-order chi connectivity index (χ0) is 21.1. The Morgan fingerprint density at radius 3 is 2.52 bits per heavy atom. The van der Waals surface area contributed by atoms with Crippen LogP contribution >= 0.6 is 0 Å². The van der Waals surface area contributed by atoms with Gasteiger partial charge in [0.2, 0.25) is 0 Å². The molecule has 2 aromatic carbocycles. The van der Waals surface area contributed by atoms with E-state index in [0.717, 1.165) is 37.7 Å². The summed E-state index contributed by atoms with van der Waals surface area (Å²) >= 11 is 0. The van der Waals surface area contributed by atoms with Gasteiger partial charge in [-0.05, 0) is 61.9 Å². The third-order valence-electron chi connectivity index (χ3n) is 4.82. The van der Waals surface area contributed by atoms with Gasteiger partial charge in [0, 0.05) is 0 Å². The van der Waals surface area contributed by atoms with Gasteiger partial charge in [-0.25, -0.2) is 0 Å². The van der Waals surface area contributed by atoms with E-state index < -0.39 is 11.9 Å². The largest absolute Gasteiger partial charge is 0.481 e. The minimum atomic E-state index is -0.698. The number of nitrogens with two attached hydrogens (primary N) is 1. The summed E-state index contributed by atoms with van der Waals surface area (Å²) in [6.45, 7) is 1.91. The molecule has 1 amide bonds. The van der Waals surface area contributed by atoms with Crippen molar-refractivity contribution in [3.8, 4) is 11.5 Å². The van der Waals surface area contributed by atoms with Gasteiger partial charge < -0.3 is 15.6 Å². The van der Waals surface area contributed by atoms with Crippen LogP contribution in [0.15, 0.2) is 60.7 Å². The monoisotopic (exact) mass is 395 g/mol. The number of carboxylic acid groups (broad SMARTS) is 1. The molecule has 0 aromatic heterocycles. The van der Waals surface area contributed by atoms with Crippen LogP contribution in [0.5, 0.6) is 11.5 Å². The molecule has 0 bridgehead atoms. The van der Waals surface area contributed by atoms with Crippen LogP contribution in [0.2, 0.25) is 0 Å². The number of unbranched alkanes of at least 4 members (excludes halogenated alkanes) is 2. The molecule has 2 rings (SSSR count). The first kappa shape index (κ1) is 22.2. The summed E-state index contributed by atoms with van der Waals surface area (Å²) in [5.74, 6) is -0.352. The predicted octanol–water partition coefficient (Wildman–Crippen LogP) is 5.35. The van der Waals surface area contributed by atoms with Crippen molar-refractivity contribution in [3.63, 3.8) is 0 Å². The van der Waals surface area contributed by atoms with E-state index >= 15 is 0 Å². The van der Waals surface area contributed by atoms with Crippen molar-refractivity contribution >= 4 is 11.9 Å². The van der Waals surface area contributed by atoms with Crippen molar-refractivity contribution in [2.24, 2.45) is 11.7 Å². The van der Waals surface area contributed by atoms with Crippen LogP contribution in [0.4, 0.5) is 0 Å². The second-order valence-corrected chi connectivity index (χ2v) is 7.01. The van der Waals surface area contributed by atoms with Crippen molar-refractivity contribution in [2.75, 3.05) is 0 Å². The topological polar surface area (TPSA) is 89.6 Å². The van der Waals surface area contributed by atoms with E-state index in [1.165, 1.54) is 0 Å². The number of ether oxygens (including phenoxy) is 1. The number of aliphatic carboxylic acids is 1. The highest BCUT2D eigenvalue weighted by molar-refractivity contribution is 5.95. The summed E-state index contributed by atoms with van der Waals surface area (Å²) in [6, 6.07) is 14.7. The summed E-state index contributed by atoms with van der Waals surface area (Å²) in [4.78, 5) is 22.7. The molecule has 2 aromatic rings. The lowest BCUT2D eigenvalue weighted by molar-refractivity contribution is -0.142. The Labute approximate surface area is 172 Å². The molecule has 0 fully saturated rings. The summed E-state index contributed by atoms with van der Waals surface area (Å²) < 4.78 is 5.85.